The van der Waals surface area contributed by atoms with Crippen molar-refractivity contribution < 1.29 is 18.8 Å². The zero-order valence-corrected chi connectivity index (χ0v) is 16.3. The lowest BCUT2D eigenvalue weighted by atomic mass is 9.73. The lowest BCUT2D eigenvalue weighted by Gasteiger charge is -2.29. The maximum absolute atomic E-state index is 13.2. The van der Waals surface area contributed by atoms with Gasteiger partial charge in [0.25, 0.3) is 5.91 Å². The maximum Gasteiger partial charge on any atom is 0.273 e. The van der Waals surface area contributed by atoms with Crippen LogP contribution < -0.4 is 5.32 Å². The molecule has 1 aliphatic carbocycles. The van der Waals surface area contributed by atoms with Gasteiger partial charge < -0.3 is 19.5 Å². The van der Waals surface area contributed by atoms with Crippen molar-refractivity contribution >= 4 is 11.8 Å². The van der Waals surface area contributed by atoms with E-state index >= 15 is 0 Å². The summed E-state index contributed by atoms with van der Waals surface area (Å²) in [5, 5.41) is 6.69. The van der Waals surface area contributed by atoms with Crippen molar-refractivity contribution in [3.05, 3.63) is 18.0 Å². The molecule has 4 fully saturated rings. The first-order valence-corrected chi connectivity index (χ1v) is 10.8. The highest BCUT2D eigenvalue weighted by Crippen LogP contribution is 2.55. The van der Waals surface area contributed by atoms with Crippen LogP contribution in [0.25, 0.3) is 0 Å². The van der Waals surface area contributed by atoms with Gasteiger partial charge in [0.15, 0.2) is 5.69 Å². The molecule has 1 saturated carbocycles. The SMILES string of the molecule is O=C(NC[C@H]1[C@H]2CN(C(=O)C3CCCCCC3)C[C@]23CC[C@H]1O3)c1ccon1. The van der Waals surface area contributed by atoms with Crippen LogP contribution in [-0.2, 0) is 9.53 Å². The number of aromatic nitrogens is 1. The number of nitrogens with one attached hydrogen (secondary N) is 1. The van der Waals surface area contributed by atoms with Gasteiger partial charge in [0.1, 0.15) is 6.26 Å². The van der Waals surface area contributed by atoms with E-state index in [1.165, 1.54) is 31.9 Å². The van der Waals surface area contributed by atoms with Crippen LogP contribution in [0.15, 0.2) is 16.9 Å². The Morgan fingerprint density at radius 3 is 2.79 bits per heavy atom. The van der Waals surface area contributed by atoms with E-state index in [9.17, 15) is 9.59 Å². The topological polar surface area (TPSA) is 84.7 Å². The molecule has 3 saturated heterocycles. The molecular weight excluding hydrogens is 358 g/mol. The molecule has 7 nitrogen and oxygen atoms in total. The average molecular weight is 387 g/mol. The predicted molar refractivity (Wildman–Crippen MR) is 100 cm³/mol. The van der Waals surface area contributed by atoms with Crippen molar-refractivity contribution in [1.29, 1.82) is 0 Å². The molecule has 4 aliphatic rings. The number of nitrogens with zero attached hydrogens (tertiary/aromatic N) is 2. The molecule has 1 aromatic rings. The van der Waals surface area contributed by atoms with Crippen molar-refractivity contribution in [1.82, 2.24) is 15.4 Å². The van der Waals surface area contributed by atoms with Crippen LogP contribution in [0.3, 0.4) is 0 Å². The molecular formula is C21H29N3O4. The quantitative estimate of drug-likeness (QED) is 0.802. The van der Waals surface area contributed by atoms with Gasteiger partial charge in [0.2, 0.25) is 5.91 Å². The van der Waals surface area contributed by atoms with E-state index in [0.717, 1.165) is 38.8 Å². The molecule has 5 rings (SSSR count). The number of likely N-dealkylation sites (tertiary alicyclic amines) is 1. The Bertz CT molecular complexity index is 728. The second-order valence-corrected chi connectivity index (χ2v) is 9.03. The molecule has 0 aromatic carbocycles. The van der Waals surface area contributed by atoms with Crippen molar-refractivity contribution in [3.8, 4) is 0 Å². The second kappa shape index (κ2) is 7.17. The smallest absolute Gasteiger partial charge is 0.273 e. The van der Waals surface area contributed by atoms with E-state index in [1.54, 1.807) is 6.07 Å². The minimum atomic E-state index is -0.213. The summed E-state index contributed by atoms with van der Waals surface area (Å²) < 4.78 is 11.2. The molecule has 1 spiro atoms. The number of hydrogen-bond donors (Lipinski definition) is 1. The first-order chi connectivity index (χ1) is 13.7. The average Bonchev–Trinajstić information content (AvgIpc) is 3.44. The summed E-state index contributed by atoms with van der Waals surface area (Å²) in [5.74, 6) is 0.897. The number of amides is 2. The minimum Gasteiger partial charge on any atom is -0.369 e. The zero-order valence-electron chi connectivity index (χ0n) is 16.3. The fraction of sp³-hybridized carbons (Fsp3) is 0.762. The highest BCUT2D eigenvalue weighted by atomic mass is 16.5. The first kappa shape index (κ1) is 18.2. The van der Waals surface area contributed by atoms with Gasteiger partial charge >= 0.3 is 0 Å². The minimum absolute atomic E-state index is 0.186. The van der Waals surface area contributed by atoms with Gasteiger partial charge in [-0.1, -0.05) is 30.8 Å². The van der Waals surface area contributed by atoms with Crippen molar-refractivity contribution in [2.24, 2.45) is 17.8 Å². The zero-order chi connectivity index (χ0) is 19.1. The van der Waals surface area contributed by atoms with Gasteiger partial charge in [-0.2, -0.15) is 0 Å². The third-order valence-corrected chi connectivity index (χ3v) is 7.47. The molecule has 0 radical (unpaired) electrons. The lowest BCUT2D eigenvalue weighted by molar-refractivity contribution is -0.136. The van der Waals surface area contributed by atoms with Crippen molar-refractivity contribution in [2.75, 3.05) is 19.6 Å². The summed E-state index contributed by atoms with van der Waals surface area (Å²) >= 11 is 0. The Balaban J connectivity index is 1.24. The van der Waals surface area contributed by atoms with E-state index in [4.69, 9.17) is 9.26 Å². The van der Waals surface area contributed by atoms with E-state index in [1.807, 2.05) is 0 Å². The lowest BCUT2D eigenvalue weighted by Crippen LogP contribution is -2.42. The van der Waals surface area contributed by atoms with E-state index < -0.39 is 0 Å². The second-order valence-electron chi connectivity index (χ2n) is 9.03. The third kappa shape index (κ3) is 3.04. The summed E-state index contributed by atoms with van der Waals surface area (Å²) in [6, 6.07) is 1.57. The summed E-state index contributed by atoms with van der Waals surface area (Å²) in [6.45, 7) is 2.07. The molecule has 4 heterocycles. The normalized spacial score (nSPS) is 35.0. The Labute approximate surface area is 165 Å². The summed E-state index contributed by atoms with van der Waals surface area (Å²) in [6.07, 6.45) is 10.6. The number of rotatable bonds is 4. The number of carbonyl (C=O) groups is 2. The summed E-state index contributed by atoms with van der Waals surface area (Å²) in [7, 11) is 0. The van der Waals surface area contributed by atoms with Crippen LogP contribution in [0.4, 0.5) is 0 Å². The number of hydrogen-bond acceptors (Lipinski definition) is 5. The Morgan fingerprint density at radius 1 is 1.21 bits per heavy atom. The molecule has 0 unspecified atom stereocenters. The largest absolute Gasteiger partial charge is 0.369 e. The molecule has 1 N–H and O–H groups in total. The third-order valence-electron chi connectivity index (χ3n) is 7.47. The number of ether oxygens (including phenoxy) is 1. The van der Waals surface area contributed by atoms with Gasteiger partial charge in [-0.3, -0.25) is 9.59 Å². The van der Waals surface area contributed by atoms with Crippen molar-refractivity contribution in [2.45, 2.75) is 63.1 Å². The molecule has 152 valence electrons. The van der Waals surface area contributed by atoms with Gasteiger partial charge in [0.05, 0.1) is 18.2 Å². The maximum atomic E-state index is 13.2. The molecule has 7 heteroatoms. The fourth-order valence-corrected chi connectivity index (χ4v) is 6.05. The summed E-state index contributed by atoms with van der Waals surface area (Å²) in [5.41, 5.74) is 0.115. The molecule has 3 aliphatic heterocycles. The molecule has 2 bridgehead atoms. The highest BCUT2D eigenvalue weighted by molar-refractivity contribution is 5.91. The Hall–Kier alpha value is -1.89. The standard InChI is InChI=1S/C21H29N3O4/c25-19(17-8-10-27-23-17)22-11-15-16-12-24(13-21(16)9-7-18(15)28-21)20(26)14-5-3-1-2-4-6-14/h8,10,14-16,18H,1-7,9,11-13H2,(H,22,25)/t15-,16+,18+,21+/m0/s1. The van der Waals surface area contributed by atoms with Crippen LogP contribution in [0, 0.1) is 17.8 Å². The first-order valence-electron chi connectivity index (χ1n) is 10.8. The Kier molecular flexibility index (Phi) is 4.65. The van der Waals surface area contributed by atoms with Crippen molar-refractivity contribution in [3.63, 3.8) is 0 Å². The molecule has 28 heavy (non-hydrogen) atoms. The van der Waals surface area contributed by atoms with Gasteiger partial charge in [-0.05, 0) is 25.7 Å². The van der Waals surface area contributed by atoms with Gasteiger partial charge in [0, 0.05) is 36.9 Å². The van der Waals surface area contributed by atoms with E-state index in [0.29, 0.717) is 24.1 Å². The molecule has 1 aromatic heterocycles. The van der Waals surface area contributed by atoms with E-state index in [-0.39, 0.29) is 29.4 Å². The summed E-state index contributed by atoms with van der Waals surface area (Å²) in [4.78, 5) is 27.5. The van der Waals surface area contributed by atoms with Gasteiger partial charge in [-0.25, -0.2) is 0 Å². The van der Waals surface area contributed by atoms with Crippen LogP contribution in [0.5, 0.6) is 0 Å². The van der Waals surface area contributed by atoms with E-state index in [2.05, 4.69) is 15.4 Å². The monoisotopic (exact) mass is 387 g/mol. The number of fused-ring (bicyclic) bond motifs is 1. The van der Waals surface area contributed by atoms with Crippen LogP contribution in [-0.4, -0.2) is 53.2 Å². The van der Waals surface area contributed by atoms with Crippen LogP contribution in [0.2, 0.25) is 0 Å². The van der Waals surface area contributed by atoms with Gasteiger partial charge in [-0.15, -0.1) is 0 Å². The van der Waals surface area contributed by atoms with Crippen LogP contribution in [0.1, 0.15) is 61.9 Å². The predicted octanol–water partition coefficient (Wildman–Crippen LogP) is 2.38. The fourth-order valence-electron chi connectivity index (χ4n) is 6.05. The van der Waals surface area contributed by atoms with Crippen LogP contribution >= 0.6 is 0 Å². The Morgan fingerprint density at radius 2 is 2.04 bits per heavy atom. The highest BCUT2D eigenvalue weighted by Gasteiger charge is 2.63. The molecule has 4 atom stereocenters. The molecule has 2 amide bonds. The number of carbonyl (C=O) groups excluding carboxylic acids is 2.